The van der Waals surface area contributed by atoms with E-state index in [1.165, 1.54) is 7.05 Å². The summed E-state index contributed by atoms with van der Waals surface area (Å²) in [6.07, 6.45) is -4.12. The number of halogens is 4. The summed E-state index contributed by atoms with van der Waals surface area (Å²) in [6, 6.07) is 7.59. The van der Waals surface area contributed by atoms with Crippen LogP contribution >= 0.6 is 24.0 Å². The van der Waals surface area contributed by atoms with E-state index >= 15 is 0 Å². The van der Waals surface area contributed by atoms with Gasteiger partial charge in [0.05, 0.1) is 13.0 Å². The van der Waals surface area contributed by atoms with Gasteiger partial charge in [-0.1, -0.05) is 32.0 Å². The maximum atomic E-state index is 12.2. The summed E-state index contributed by atoms with van der Waals surface area (Å²) in [5.74, 6) is 1.67. The third kappa shape index (κ3) is 11.1. The molecule has 144 valence electrons. The molecule has 0 heterocycles. The Morgan fingerprint density at radius 2 is 1.88 bits per heavy atom. The van der Waals surface area contributed by atoms with Crippen LogP contribution in [0.15, 0.2) is 29.3 Å². The van der Waals surface area contributed by atoms with Crippen molar-refractivity contribution in [2.45, 2.75) is 39.4 Å². The first-order valence-electron chi connectivity index (χ1n) is 8.04. The predicted molar refractivity (Wildman–Crippen MR) is 106 cm³/mol. The molecule has 25 heavy (non-hydrogen) atoms. The molecule has 0 saturated carbocycles. The molecule has 1 rings (SSSR count). The lowest BCUT2D eigenvalue weighted by atomic mass is 10.1. The Labute approximate surface area is 164 Å². The molecule has 0 amide bonds. The minimum absolute atomic E-state index is 0. The van der Waals surface area contributed by atoms with Gasteiger partial charge in [-0.15, -0.1) is 24.0 Å². The molecular formula is C17H27F3IN3O. The van der Waals surface area contributed by atoms with Crippen molar-refractivity contribution in [3.05, 3.63) is 29.8 Å². The molecule has 0 saturated heterocycles. The largest absolute Gasteiger partial charge is 0.493 e. The van der Waals surface area contributed by atoms with E-state index < -0.39 is 12.6 Å². The van der Waals surface area contributed by atoms with Crippen molar-refractivity contribution in [2.24, 2.45) is 10.9 Å². The zero-order chi connectivity index (χ0) is 18.0. The number of benzene rings is 1. The molecule has 0 atom stereocenters. The second kappa shape index (κ2) is 12.2. The highest BCUT2D eigenvalue weighted by Gasteiger charge is 2.26. The van der Waals surface area contributed by atoms with Gasteiger partial charge >= 0.3 is 6.18 Å². The number of nitrogens with zero attached hydrogens (tertiary/aromatic N) is 1. The Hall–Kier alpha value is -1.19. The van der Waals surface area contributed by atoms with Crippen molar-refractivity contribution in [2.75, 3.05) is 20.2 Å². The normalized spacial score (nSPS) is 11.9. The van der Waals surface area contributed by atoms with E-state index in [4.69, 9.17) is 4.74 Å². The topological polar surface area (TPSA) is 45.7 Å². The lowest BCUT2D eigenvalue weighted by molar-refractivity contribution is -0.132. The van der Waals surface area contributed by atoms with Crippen molar-refractivity contribution in [1.82, 2.24) is 10.6 Å². The van der Waals surface area contributed by atoms with Gasteiger partial charge in [-0.3, -0.25) is 4.99 Å². The highest BCUT2D eigenvalue weighted by atomic mass is 127. The predicted octanol–water partition coefficient (Wildman–Crippen LogP) is 4.35. The first-order valence-corrected chi connectivity index (χ1v) is 8.04. The number of aliphatic imine (C=N–C) groups is 1. The van der Waals surface area contributed by atoms with E-state index in [0.717, 1.165) is 17.7 Å². The lowest BCUT2D eigenvalue weighted by Crippen LogP contribution is -2.38. The molecule has 0 unspecified atom stereocenters. The maximum Gasteiger partial charge on any atom is 0.390 e. The number of ether oxygens (including phenoxy) is 1. The van der Waals surface area contributed by atoms with Gasteiger partial charge in [0, 0.05) is 25.7 Å². The van der Waals surface area contributed by atoms with E-state index in [2.05, 4.69) is 29.5 Å². The number of guanidine groups is 1. The van der Waals surface area contributed by atoms with Gasteiger partial charge < -0.3 is 15.4 Å². The van der Waals surface area contributed by atoms with Crippen LogP contribution < -0.4 is 15.4 Å². The van der Waals surface area contributed by atoms with Crippen molar-refractivity contribution < 1.29 is 17.9 Å². The number of para-hydroxylation sites is 1. The number of hydrogen-bond acceptors (Lipinski definition) is 2. The fourth-order valence-corrected chi connectivity index (χ4v) is 1.92. The molecule has 1 aromatic carbocycles. The van der Waals surface area contributed by atoms with Crippen LogP contribution in [-0.2, 0) is 6.54 Å². The zero-order valence-electron chi connectivity index (χ0n) is 14.8. The molecule has 0 aliphatic carbocycles. The molecule has 2 N–H and O–H groups in total. The SMILES string of the molecule is CN=C(NCCC(F)(F)F)NCc1ccccc1OCCC(C)C.I. The van der Waals surface area contributed by atoms with E-state index in [1.54, 1.807) is 0 Å². The smallest absolute Gasteiger partial charge is 0.390 e. The Morgan fingerprint density at radius 3 is 2.48 bits per heavy atom. The Kier molecular flexibility index (Phi) is 11.6. The van der Waals surface area contributed by atoms with Gasteiger partial charge in [-0.05, 0) is 18.4 Å². The standard InChI is InChI=1S/C17H26F3N3O.HI/c1-13(2)8-11-24-15-7-5-4-6-14(15)12-23-16(21-3)22-10-9-17(18,19)20;/h4-7,13H,8-12H2,1-3H3,(H2,21,22,23);1H. The highest BCUT2D eigenvalue weighted by molar-refractivity contribution is 14.0. The highest BCUT2D eigenvalue weighted by Crippen LogP contribution is 2.19. The van der Waals surface area contributed by atoms with Crippen LogP contribution in [0.5, 0.6) is 5.75 Å². The van der Waals surface area contributed by atoms with Crippen LogP contribution in [0.4, 0.5) is 13.2 Å². The van der Waals surface area contributed by atoms with Gasteiger partial charge in [-0.25, -0.2) is 0 Å². The number of nitrogens with one attached hydrogen (secondary N) is 2. The summed E-state index contributed by atoms with van der Waals surface area (Å²) in [5, 5.41) is 5.65. The molecule has 0 spiro atoms. The fraction of sp³-hybridized carbons (Fsp3) is 0.588. The molecule has 0 aromatic heterocycles. The average Bonchev–Trinajstić information content (AvgIpc) is 2.50. The monoisotopic (exact) mass is 473 g/mol. The first kappa shape index (κ1) is 23.8. The molecule has 1 aromatic rings. The fourth-order valence-electron chi connectivity index (χ4n) is 1.92. The molecule has 4 nitrogen and oxygen atoms in total. The molecule has 0 bridgehead atoms. The minimum Gasteiger partial charge on any atom is -0.493 e. The van der Waals surface area contributed by atoms with Crippen LogP contribution in [0.3, 0.4) is 0 Å². The van der Waals surface area contributed by atoms with Crippen molar-refractivity contribution >= 4 is 29.9 Å². The Morgan fingerprint density at radius 1 is 1.20 bits per heavy atom. The van der Waals surface area contributed by atoms with Crippen LogP contribution in [0.1, 0.15) is 32.3 Å². The van der Waals surface area contributed by atoms with Crippen molar-refractivity contribution in [3.8, 4) is 5.75 Å². The van der Waals surface area contributed by atoms with Gasteiger partial charge in [0.1, 0.15) is 5.75 Å². The summed E-state index contributed by atoms with van der Waals surface area (Å²) >= 11 is 0. The Balaban J connectivity index is 0.00000576. The molecule has 8 heteroatoms. The third-order valence-electron chi connectivity index (χ3n) is 3.30. The second-order valence-corrected chi connectivity index (χ2v) is 5.86. The molecule has 0 radical (unpaired) electrons. The Bertz CT molecular complexity index is 522. The third-order valence-corrected chi connectivity index (χ3v) is 3.30. The van der Waals surface area contributed by atoms with Gasteiger partial charge in [0.25, 0.3) is 0 Å². The van der Waals surface area contributed by atoms with Crippen LogP contribution in [0.25, 0.3) is 0 Å². The van der Waals surface area contributed by atoms with Crippen molar-refractivity contribution in [3.63, 3.8) is 0 Å². The summed E-state index contributed by atoms with van der Waals surface area (Å²) in [7, 11) is 1.52. The molecule has 0 aliphatic heterocycles. The zero-order valence-corrected chi connectivity index (χ0v) is 17.2. The molecular weight excluding hydrogens is 446 g/mol. The van der Waals surface area contributed by atoms with Crippen LogP contribution in [0, 0.1) is 5.92 Å². The van der Waals surface area contributed by atoms with E-state index in [-0.39, 0.29) is 30.5 Å². The lowest BCUT2D eigenvalue weighted by Gasteiger charge is -2.15. The van der Waals surface area contributed by atoms with Crippen LogP contribution in [-0.4, -0.2) is 32.3 Å². The summed E-state index contributed by atoms with van der Waals surface area (Å²) < 4.78 is 42.3. The molecule has 0 aliphatic rings. The maximum absolute atomic E-state index is 12.2. The average molecular weight is 473 g/mol. The minimum atomic E-state index is -4.18. The van der Waals surface area contributed by atoms with E-state index in [1.807, 2.05) is 24.3 Å². The summed E-state index contributed by atoms with van der Waals surface area (Å²) in [6.45, 7) is 5.10. The first-order chi connectivity index (χ1) is 11.3. The van der Waals surface area contributed by atoms with E-state index in [9.17, 15) is 13.2 Å². The van der Waals surface area contributed by atoms with E-state index in [0.29, 0.717) is 25.0 Å². The second-order valence-electron chi connectivity index (χ2n) is 5.86. The number of hydrogen-bond donors (Lipinski definition) is 2. The number of alkyl halides is 3. The molecule has 0 fully saturated rings. The summed E-state index contributed by atoms with van der Waals surface area (Å²) in [5.41, 5.74) is 0.931. The van der Waals surface area contributed by atoms with Gasteiger partial charge in [-0.2, -0.15) is 13.2 Å². The summed E-state index contributed by atoms with van der Waals surface area (Å²) in [4.78, 5) is 3.92. The number of rotatable bonds is 8. The van der Waals surface area contributed by atoms with Gasteiger partial charge in [0.2, 0.25) is 0 Å². The quantitative estimate of drug-likeness (QED) is 0.336. The van der Waals surface area contributed by atoms with Crippen molar-refractivity contribution in [1.29, 1.82) is 0 Å². The van der Waals surface area contributed by atoms with Gasteiger partial charge in [0.15, 0.2) is 5.96 Å². The van der Waals surface area contributed by atoms with Crippen LogP contribution in [0.2, 0.25) is 0 Å².